The average molecular weight is 259 g/mol. The van der Waals surface area contributed by atoms with Crippen LogP contribution >= 0.6 is 12.4 Å². The molecular weight excluding hydrogens is 244 g/mol. The van der Waals surface area contributed by atoms with E-state index in [2.05, 4.69) is 5.32 Å². The number of nitro benzene ring substituents is 1. The lowest BCUT2D eigenvalue weighted by Gasteiger charge is -2.05. The molecule has 1 aliphatic rings. The van der Waals surface area contributed by atoms with Crippen molar-refractivity contribution in [1.82, 2.24) is 5.32 Å². The number of hydrogen-bond donors (Lipinski definition) is 2. The Bertz CT molecular complexity index is 408. The third kappa shape index (κ3) is 3.87. The standard InChI is InChI=1S/C11H14N2O3.ClH/c14-11-4-3-10(13(15)16)5-9(11)7-12-6-8-1-2-8;/h3-5,8,12,14H,1-2,6-7H2;1H. The number of benzene rings is 1. The van der Waals surface area contributed by atoms with Gasteiger partial charge in [0.15, 0.2) is 0 Å². The van der Waals surface area contributed by atoms with Crippen LogP contribution in [0.5, 0.6) is 5.75 Å². The van der Waals surface area contributed by atoms with Gasteiger partial charge in [-0.15, -0.1) is 12.4 Å². The second-order valence-electron chi connectivity index (χ2n) is 4.14. The fourth-order valence-corrected chi connectivity index (χ4v) is 1.56. The number of phenols is 1. The molecule has 6 heteroatoms. The van der Waals surface area contributed by atoms with Crippen LogP contribution in [-0.2, 0) is 6.54 Å². The number of hydrogen-bond acceptors (Lipinski definition) is 4. The summed E-state index contributed by atoms with van der Waals surface area (Å²) >= 11 is 0. The van der Waals surface area contributed by atoms with Crippen LogP contribution in [0.25, 0.3) is 0 Å². The van der Waals surface area contributed by atoms with Gasteiger partial charge >= 0.3 is 0 Å². The molecule has 1 aromatic rings. The second-order valence-corrected chi connectivity index (χ2v) is 4.14. The molecule has 0 bridgehead atoms. The summed E-state index contributed by atoms with van der Waals surface area (Å²) in [6.45, 7) is 1.39. The lowest BCUT2D eigenvalue weighted by molar-refractivity contribution is -0.384. The maximum atomic E-state index is 10.6. The molecule has 0 atom stereocenters. The van der Waals surface area contributed by atoms with Gasteiger partial charge in [0.1, 0.15) is 5.75 Å². The van der Waals surface area contributed by atoms with Crippen molar-refractivity contribution < 1.29 is 10.0 Å². The normalized spacial score (nSPS) is 14.1. The first-order chi connectivity index (χ1) is 7.66. The maximum absolute atomic E-state index is 10.6. The van der Waals surface area contributed by atoms with Crippen LogP contribution in [0.3, 0.4) is 0 Å². The first kappa shape index (κ1) is 13.7. The lowest BCUT2D eigenvalue weighted by Crippen LogP contribution is -2.16. The van der Waals surface area contributed by atoms with E-state index in [1.54, 1.807) is 0 Å². The van der Waals surface area contributed by atoms with Crippen molar-refractivity contribution in [2.75, 3.05) is 6.54 Å². The Hall–Kier alpha value is -1.33. The van der Waals surface area contributed by atoms with E-state index in [1.807, 2.05) is 0 Å². The van der Waals surface area contributed by atoms with Crippen molar-refractivity contribution in [3.05, 3.63) is 33.9 Å². The van der Waals surface area contributed by atoms with Crippen LogP contribution in [0.15, 0.2) is 18.2 Å². The van der Waals surface area contributed by atoms with Gasteiger partial charge in [-0.3, -0.25) is 10.1 Å². The number of aromatic hydroxyl groups is 1. The van der Waals surface area contributed by atoms with Gasteiger partial charge < -0.3 is 10.4 Å². The van der Waals surface area contributed by atoms with Crippen LogP contribution in [0, 0.1) is 16.0 Å². The summed E-state index contributed by atoms with van der Waals surface area (Å²) < 4.78 is 0. The van der Waals surface area contributed by atoms with E-state index in [0.717, 1.165) is 12.5 Å². The molecule has 0 radical (unpaired) electrons. The number of halogens is 1. The highest BCUT2D eigenvalue weighted by Crippen LogP contribution is 2.28. The quantitative estimate of drug-likeness (QED) is 0.627. The van der Waals surface area contributed by atoms with Gasteiger partial charge in [-0.25, -0.2) is 0 Å². The van der Waals surface area contributed by atoms with E-state index in [4.69, 9.17) is 0 Å². The Kier molecular flexibility index (Phi) is 4.72. The molecule has 0 heterocycles. The maximum Gasteiger partial charge on any atom is 0.270 e. The summed E-state index contributed by atoms with van der Waals surface area (Å²) in [6.07, 6.45) is 2.52. The van der Waals surface area contributed by atoms with Crippen molar-refractivity contribution in [2.24, 2.45) is 5.92 Å². The van der Waals surface area contributed by atoms with Crippen LogP contribution in [-0.4, -0.2) is 16.6 Å². The van der Waals surface area contributed by atoms with E-state index in [9.17, 15) is 15.2 Å². The van der Waals surface area contributed by atoms with Crippen molar-refractivity contribution in [2.45, 2.75) is 19.4 Å². The minimum Gasteiger partial charge on any atom is -0.508 e. The zero-order valence-electron chi connectivity index (χ0n) is 9.26. The van der Waals surface area contributed by atoms with Crippen molar-refractivity contribution in [3.8, 4) is 5.75 Å². The van der Waals surface area contributed by atoms with Gasteiger partial charge in [0, 0.05) is 24.2 Å². The molecule has 2 N–H and O–H groups in total. The number of nitrogens with zero attached hydrogens (tertiary/aromatic N) is 1. The van der Waals surface area contributed by atoms with Crippen molar-refractivity contribution in [3.63, 3.8) is 0 Å². The van der Waals surface area contributed by atoms with E-state index in [0.29, 0.717) is 12.1 Å². The van der Waals surface area contributed by atoms with Gasteiger partial charge in [-0.2, -0.15) is 0 Å². The van der Waals surface area contributed by atoms with Crippen molar-refractivity contribution in [1.29, 1.82) is 0 Å². The highest BCUT2D eigenvalue weighted by atomic mass is 35.5. The third-order valence-electron chi connectivity index (χ3n) is 2.72. The molecule has 0 spiro atoms. The molecule has 0 aliphatic heterocycles. The largest absolute Gasteiger partial charge is 0.508 e. The monoisotopic (exact) mass is 258 g/mol. The summed E-state index contributed by atoms with van der Waals surface area (Å²) in [6, 6.07) is 4.08. The van der Waals surface area contributed by atoms with Crippen LogP contribution in [0.4, 0.5) is 5.69 Å². The Labute approximate surface area is 105 Å². The van der Waals surface area contributed by atoms with Crippen molar-refractivity contribution >= 4 is 18.1 Å². The van der Waals surface area contributed by atoms with E-state index in [1.165, 1.54) is 31.0 Å². The fraction of sp³-hybridized carbons (Fsp3) is 0.455. The molecule has 0 amide bonds. The minimum absolute atomic E-state index is 0. The van der Waals surface area contributed by atoms with Crippen LogP contribution in [0.2, 0.25) is 0 Å². The topological polar surface area (TPSA) is 75.4 Å². The first-order valence-corrected chi connectivity index (χ1v) is 5.34. The summed E-state index contributed by atoms with van der Waals surface area (Å²) in [4.78, 5) is 10.1. The summed E-state index contributed by atoms with van der Waals surface area (Å²) in [5.74, 6) is 0.856. The number of phenolic OH excluding ortho intramolecular Hbond substituents is 1. The summed E-state index contributed by atoms with van der Waals surface area (Å²) in [7, 11) is 0. The fourth-order valence-electron chi connectivity index (χ4n) is 1.56. The molecule has 1 aromatic carbocycles. The number of non-ortho nitro benzene ring substituents is 1. The molecule has 17 heavy (non-hydrogen) atoms. The van der Waals surface area contributed by atoms with E-state index in [-0.39, 0.29) is 23.8 Å². The molecule has 94 valence electrons. The number of nitrogens with one attached hydrogen (secondary N) is 1. The predicted molar refractivity (Wildman–Crippen MR) is 66.4 cm³/mol. The summed E-state index contributed by atoms with van der Waals surface area (Å²) in [5, 5.41) is 23.3. The molecule has 0 aromatic heterocycles. The molecule has 5 nitrogen and oxygen atoms in total. The summed E-state index contributed by atoms with van der Waals surface area (Å²) in [5.41, 5.74) is 0.593. The Balaban J connectivity index is 0.00000144. The Morgan fingerprint density at radius 1 is 1.47 bits per heavy atom. The van der Waals surface area contributed by atoms with Gasteiger partial charge in [-0.05, 0) is 31.4 Å². The molecule has 2 rings (SSSR count). The zero-order valence-corrected chi connectivity index (χ0v) is 10.1. The third-order valence-corrected chi connectivity index (χ3v) is 2.72. The SMILES string of the molecule is Cl.O=[N+]([O-])c1ccc(O)c(CNCC2CC2)c1. The Morgan fingerprint density at radius 2 is 2.18 bits per heavy atom. The lowest BCUT2D eigenvalue weighted by atomic mass is 10.1. The van der Waals surface area contributed by atoms with Crippen LogP contribution in [0.1, 0.15) is 18.4 Å². The molecular formula is C11H15ClN2O3. The smallest absolute Gasteiger partial charge is 0.270 e. The zero-order chi connectivity index (χ0) is 11.5. The molecule has 1 saturated carbocycles. The molecule has 1 aliphatic carbocycles. The second kappa shape index (κ2) is 5.84. The molecule has 0 saturated heterocycles. The van der Waals surface area contributed by atoms with E-state index >= 15 is 0 Å². The average Bonchev–Trinajstić information content (AvgIpc) is 3.04. The highest BCUT2D eigenvalue weighted by Gasteiger charge is 2.20. The predicted octanol–water partition coefficient (Wildman–Crippen LogP) is 2.22. The Morgan fingerprint density at radius 3 is 2.76 bits per heavy atom. The van der Waals surface area contributed by atoms with Gasteiger partial charge in [0.2, 0.25) is 0 Å². The van der Waals surface area contributed by atoms with Gasteiger partial charge in [0.25, 0.3) is 5.69 Å². The molecule has 0 unspecified atom stereocenters. The first-order valence-electron chi connectivity index (χ1n) is 5.34. The molecule has 1 fully saturated rings. The number of rotatable bonds is 5. The van der Waals surface area contributed by atoms with Gasteiger partial charge in [-0.1, -0.05) is 0 Å². The van der Waals surface area contributed by atoms with Crippen LogP contribution < -0.4 is 5.32 Å². The number of nitro groups is 1. The minimum atomic E-state index is -0.455. The highest BCUT2D eigenvalue weighted by molar-refractivity contribution is 5.85. The van der Waals surface area contributed by atoms with E-state index < -0.39 is 4.92 Å². The van der Waals surface area contributed by atoms with Gasteiger partial charge in [0.05, 0.1) is 4.92 Å².